The van der Waals surface area contributed by atoms with Gasteiger partial charge in [-0.1, -0.05) is 12.1 Å². The van der Waals surface area contributed by atoms with E-state index < -0.39 is 32.1 Å². The smallest absolute Gasteiger partial charge is 0.286 e. The first-order valence-corrected chi connectivity index (χ1v) is 9.48. The van der Waals surface area contributed by atoms with Crippen LogP contribution in [0.3, 0.4) is 0 Å². The third-order valence-corrected chi connectivity index (χ3v) is 5.18. The van der Waals surface area contributed by atoms with E-state index in [1.54, 1.807) is 12.1 Å². The van der Waals surface area contributed by atoms with Gasteiger partial charge in [-0.2, -0.15) is 0 Å². The zero-order valence-corrected chi connectivity index (χ0v) is 16.0. The van der Waals surface area contributed by atoms with Crippen LogP contribution in [0.4, 0.5) is 5.69 Å². The minimum Gasteiger partial charge on any atom is -0.493 e. The molecule has 0 aliphatic rings. The molecule has 0 saturated carbocycles. The Morgan fingerprint density at radius 3 is 2.21 bits per heavy atom. The molecule has 2 aromatic carbocycles. The Morgan fingerprint density at radius 2 is 1.71 bits per heavy atom. The summed E-state index contributed by atoms with van der Waals surface area (Å²) in [6.45, 7) is 0.409. The Hall–Kier alpha value is -3.18. The number of benzene rings is 2. The second-order valence-electron chi connectivity index (χ2n) is 5.60. The Balaban J connectivity index is 2.38. The van der Waals surface area contributed by atoms with Crippen molar-refractivity contribution in [3.8, 4) is 11.5 Å². The van der Waals surface area contributed by atoms with E-state index in [1.165, 1.54) is 26.4 Å². The van der Waals surface area contributed by atoms with Gasteiger partial charge in [-0.25, -0.2) is 13.1 Å². The third kappa shape index (κ3) is 4.56. The maximum atomic E-state index is 12.5. The van der Waals surface area contributed by atoms with Crippen molar-refractivity contribution in [3.05, 3.63) is 57.6 Å². The summed E-state index contributed by atoms with van der Waals surface area (Å²) >= 11 is 0. The van der Waals surface area contributed by atoms with Gasteiger partial charge in [0.15, 0.2) is 11.5 Å². The molecule has 2 aromatic rings. The van der Waals surface area contributed by atoms with Crippen LogP contribution in [-0.4, -0.2) is 40.0 Å². The Kier molecular flexibility index (Phi) is 6.54. The van der Waals surface area contributed by atoms with Crippen LogP contribution in [0.5, 0.6) is 11.5 Å². The lowest BCUT2D eigenvalue weighted by Crippen LogP contribution is -2.31. The molecule has 0 fully saturated rings. The SMILES string of the molecule is COc1cc(C(=O)NS(=O)(=O)c2ccc(CCN)cc2)c([N+](=O)[O-])cc1OC. The van der Waals surface area contributed by atoms with Crippen molar-refractivity contribution in [2.45, 2.75) is 11.3 Å². The summed E-state index contributed by atoms with van der Waals surface area (Å²) in [5, 5.41) is 11.3. The Labute approximate surface area is 161 Å². The minimum atomic E-state index is -4.24. The predicted molar refractivity (Wildman–Crippen MR) is 100 cm³/mol. The summed E-state index contributed by atoms with van der Waals surface area (Å²) in [4.78, 5) is 22.8. The number of carbonyl (C=O) groups is 1. The van der Waals surface area contributed by atoms with E-state index in [-0.39, 0.29) is 16.4 Å². The van der Waals surface area contributed by atoms with E-state index in [0.717, 1.165) is 17.7 Å². The number of methoxy groups -OCH3 is 2. The molecule has 11 heteroatoms. The fraction of sp³-hybridized carbons (Fsp3) is 0.235. The molecule has 0 saturated heterocycles. The lowest BCUT2D eigenvalue weighted by atomic mass is 10.1. The highest BCUT2D eigenvalue weighted by Gasteiger charge is 2.28. The van der Waals surface area contributed by atoms with Crippen molar-refractivity contribution >= 4 is 21.6 Å². The van der Waals surface area contributed by atoms with Gasteiger partial charge in [-0.3, -0.25) is 14.9 Å². The van der Waals surface area contributed by atoms with E-state index in [1.807, 2.05) is 4.72 Å². The van der Waals surface area contributed by atoms with Gasteiger partial charge in [0, 0.05) is 6.07 Å². The molecule has 0 heterocycles. The second-order valence-corrected chi connectivity index (χ2v) is 7.28. The molecule has 28 heavy (non-hydrogen) atoms. The molecule has 0 radical (unpaired) electrons. The van der Waals surface area contributed by atoms with Crippen molar-refractivity contribution in [2.75, 3.05) is 20.8 Å². The number of nitrogens with zero attached hydrogens (tertiary/aromatic N) is 1. The first-order chi connectivity index (χ1) is 13.2. The fourth-order valence-electron chi connectivity index (χ4n) is 2.44. The number of nitro benzene ring substituents is 1. The molecule has 0 unspecified atom stereocenters. The molecule has 2 rings (SSSR count). The zero-order chi connectivity index (χ0) is 20.9. The molecule has 0 bridgehead atoms. The average Bonchev–Trinajstić information content (AvgIpc) is 2.67. The van der Waals surface area contributed by atoms with Gasteiger partial charge in [0.1, 0.15) is 5.56 Å². The topological polar surface area (TPSA) is 151 Å². The highest BCUT2D eigenvalue weighted by Crippen LogP contribution is 2.34. The van der Waals surface area contributed by atoms with Gasteiger partial charge in [0.25, 0.3) is 21.6 Å². The second kappa shape index (κ2) is 8.67. The number of rotatable bonds is 8. The molecule has 0 aromatic heterocycles. The largest absolute Gasteiger partial charge is 0.493 e. The van der Waals surface area contributed by atoms with E-state index in [2.05, 4.69) is 0 Å². The molecule has 0 aliphatic carbocycles. The molecule has 1 amide bonds. The lowest BCUT2D eigenvalue weighted by molar-refractivity contribution is -0.385. The maximum Gasteiger partial charge on any atom is 0.286 e. The van der Waals surface area contributed by atoms with Crippen LogP contribution >= 0.6 is 0 Å². The van der Waals surface area contributed by atoms with Gasteiger partial charge in [0.05, 0.1) is 30.1 Å². The molecular formula is C17H19N3O7S. The summed E-state index contributed by atoms with van der Waals surface area (Å²) in [5.74, 6) is -1.09. The Morgan fingerprint density at radius 1 is 1.14 bits per heavy atom. The van der Waals surface area contributed by atoms with Crippen LogP contribution in [-0.2, 0) is 16.4 Å². The number of ether oxygens (including phenoxy) is 2. The van der Waals surface area contributed by atoms with Crippen LogP contribution in [0, 0.1) is 10.1 Å². The number of nitrogens with one attached hydrogen (secondary N) is 1. The normalized spacial score (nSPS) is 11.0. The Bertz CT molecular complexity index is 989. The quantitative estimate of drug-likeness (QED) is 0.488. The molecule has 0 aliphatic heterocycles. The molecule has 10 nitrogen and oxygen atoms in total. The van der Waals surface area contributed by atoms with Crippen molar-refractivity contribution in [3.63, 3.8) is 0 Å². The third-order valence-electron chi connectivity index (χ3n) is 3.84. The summed E-state index contributed by atoms with van der Waals surface area (Å²) in [7, 11) is -1.68. The summed E-state index contributed by atoms with van der Waals surface area (Å²) in [6, 6.07) is 7.83. The van der Waals surface area contributed by atoms with Crippen LogP contribution in [0.15, 0.2) is 41.3 Å². The molecular weight excluding hydrogens is 390 g/mol. The van der Waals surface area contributed by atoms with Crippen LogP contribution in [0.1, 0.15) is 15.9 Å². The number of amides is 1. The summed E-state index contributed by atoms with van der Waals surface area (Å²) < 4.78 is 36.8. The van der Waals surface area contributed by atoms with Gasteiger partial charge in [0.2, 0.25) is 0 Å². The minimum absolute atomic E-state index is 0.0316. The van der Waals surface area contributed by atoms with Crippen molar-refractivity contribution in [1.82, 2.24) is 4.72 Å². The first kappa shape index (κ1) is 21.1. The van der Waals surface area contributed by atoms with Gasteiger partial charge >= 0.3 is 0 Å². The van der Waals surface area contributed by atoms with Gasteiger partial charge in [-0.05, 0) is 30.7 Å². The van der Waals surface area contributed by atoms with Crippen molar-refractivity contribution in [1.29, 1.82) is 0 Å². The zero-order valence-electron chi connectivity index (χ0n) is 15.2. The number of nitro groups is 1. The molecule has 150 valence electrons. The number of hydrogen-bond donors (Lipinski definition) is 2. The number of sulfonamides is 1. The summed E-state index contributed by atoms with van der Waals surface area (Å²) in [6.07, 6.45) is 0.574. The first-order valence-electron chi connectivity index (χ1n) is 8.00. The predicted octanol–water partition coefficient (Wildman–Crippen LogP) is 1.23. The van der Waals surface area contributed by atoms with Crippen LogP contribution < -0.4 is 19.9 Å². The fourth-order valence-corrected chi connectivity index (χ4v) is 3.41. The molecule has 0 atom stereocenters. The number of carbonyl (C=O) groups excluding carboxylic acids is 1. The maximum absolute atomic E-state index is 12.5. The van der Waals surface area contributed by atoms with E-state index in [4.69, 9.17) is 15.2 Å². The van der Waals surface area contributed by atoms with Crippen LogP contribution in [0.2, 0.25) is 0 Å². The van der Waals surface area contributed by atoms with Crippen molar-refractivity contribution < 1.29 is 27.6 Å². The highest BCUT2D eigenvalue weighted by atomic mass is 32.2. The van der Waals surface area contributed by atoms with E-state index in [9.17, 15) is 23.3 Å². The molecule has 0 spiro atoms. The average molecular weight is 409 g/mol. The monoisotopic (exact) mass is 409 g/mol. The van der Waals surface area contributed by atoms with Gasteiger partial charge in [-0.15, -0.1) is 0 Å². The van der Waals surface area contributed by atoms with Crippen LogP contribution in [0.25, 0.3) is 0 Å². The summed E-state index contributed by atoms with van der Waals surface area (Å²) in [5.41, 5.74) is 5.18. The molecule has 3 N–H and O–H groups in total. The standard InChI is InChI=1S/C17H19N3O7S/c1-26-15-9-13(14(20(22)23)10-16(15)27-2)17(21)19-28(24,25)12-5-3-11(4-6-12)7-8-18/h3-6,9-10H,7-8,18H2,1-2H3,(H,19,21). The van der Waals surface area contributed by atoms with Crippen molar-refractivity contribution in [2.24, 2.45) is 5.73 Å². The number of nitrogens with two attached hydrogens (primary N) is 1. The van der Waals surface area contributed by atoms with Gasteiger partial charge < -0.3 is 15.2 Å². The van der Waals surface area contributed by atoms with E-state index >= 15 is 0 Å². The lowest BCUT2D eigenvalue weighted by Gasteiger charge is -2.11. The van der Waals surface area contributed by atoms with E-state index in [0.29, 0.717) is 13.0 Å². The number of hydrogen-bond acceptors (Lipinski definition) is 8. The highest BCUT2D eigenvalue weighted by molar-refractivity contribution is 7.90.